The fourth-order valence-corrected chi connectivity index (χ4v) is 3.06. The number of ether oxygens (including phenoxy) is 2. The Morgan fingerprint density at radius 1 is 1.18 bits per heavy atom. The van der Waals surface area contributed by atoms with Gasteiger partial charge in [0.1, 0.15) is 11.9 Å². The maximum atomic E-state index is 13.9. The summed E-state index contributed by atoms with van der Waals surface area (Å²) in [5, 5.41) is 6.61. The minimum atomic E-state index is -0.145. The number of halogens is 2. The molecule has 3 unspecified atom stereocenters. The first-order valence-corrected chi connectivity index (χ1v) is 9.13. The van der Waals surface area contributed by atoms with Crippen LogP contribution < -0.4 is 20.1 Å². The van der Waals surface area contributed by atoms with Gasteiger partial charge in [0.25, 0.3) is 0 Å². The van der Waals surface area contributed by atoms with Crippen LogP contribution in [0.2, 0.25) is 0 Å². The third-order valence-electron chi connectivity index (χ3n) is 4.60. The first kappa shape index (κ1) is 22.3. The Hall–Kier alpha value is -2.03. The van der Waals surface area contributed by atoms with Crippen molar-refractivity contribution in [2.75, 3.05) is 20.7 Å². The lowest BCUT2D eigenvalue weighted by Gasteiger charge is -2.19. The number of benzene rings is 2. The van der Waals surface area contributed by atoms with Gasteiger partial charge in [-0.05, 0) is 37.1 Å². The molecule has 0 heterocycles. The second kappa shape index (κ2) is 10.5. The lowest BCUT2D eigenvalue weighted by molar-refractivity contribution is 0.213. The molecule has 1 saturated carbocycles. The third-order valence-corrected chi connectivity index (χ3v) is 4.60. The van der Waals surface area contributed by atoms with E-state index in [9.17, 15) is 4.39 Å². The van der Waals surface area contributed by atoms with Crippen molar-refractivity contribution in [1.82, 2.24) is 10.6 Å². The number of nitrogens with one attached hydrogen (secondary N) is 2. The Morgan fingerprint density at radius 2 is 1.86 bits per heavy atom. The summed E-state index contributed by atoms with van der Waals surface area (Å²) in [5.41, 5.74) is 0.762. The maximum Gasteiger partial charge on any atom is 0.191 e. The van der Waals surface area contributed by atoms with Crippen molar-refractivity contribution in [2.24, 2.45) is 4.99 Å². The van der Waals surface area contributed by atoms with Gasteiger partial charge in [0.05, 0.1) is 13.7 Å². The number of aliphatic imine (C=N–C) groups is 1. The average molecular weight is 499 g/mol. The summed E-state index contributed by atoms with van der Waals surface area (Å²) in [7, 11) is 3.35. The molecule has 2 N–H and O–H groups in total. The van der Waals surface area contributed by atoms with Crippen LogP contribution in [0.15, 0.2) is 53.5 Å². The van der Waals surface area contributed by atoms with Crippen molar-refractivity contribution >= 4 is 29.9 Å². The summed E-state index contributed by atoms with van der Waals surface area (Å²) in [6.07, 6.45) is 0.816. The Morgan fingerprint density at radius 3 is 2.54 bits per heavy atom. The van der Waals surface area contributed by atoms with Gasteiger partial charge in [-0.25, -0.2) is 4.39 Å². The average Bonchev–Trinajstić information content (AvgIpc) is 3.44. The second-order valence-electron chi connectivity index (χ2n) is 6.65. The number of guanidine groups is 1. The maximum absolute atomic E-state index is 13.9. The highest BCUT2D eigenvalue weighted by molar-refractivity contribution is 14.0. The van der Waals surface area contributed by atoms with Gasteiger partial charge in [0.2, 0.25) is 0 Å². The van der Waals surface area contributed by atoms with Gasteiger partial charge < -0.3 is 20.1 Å². The number of methoxy groups -OCH3 is 1. The second-order valence-corrected chi connectivity index (χ2v) is 6.65. The highest BCUT2D eigenvalue weighted by Gasteiger charge is 2.40. The Bertz CT molecular complexity index is 803. The van der Waals surface area contributed by atoms with E-state index in [4.69, 9.17) is 9.47 Å². The molecule has 2 aromatic carbocycles. The van der Waals surface area contributed by atoms with E-state index in [-0.39, 0.29) is 47.9 Å². The van der Waals surface area contributed by atoms with Crippen molar-refractivity contribution in [3.8, 4) is 11.5 Å². The smallest absolute Gasteiger partial charge is 0.191 e. The topological polar surface area (TPSA) is 54.9 Å². The quantitative estimate of drug-likeness (QED) is 0.345. The first-order chi connectivity index (χ1) is 13.1. The monoisotopic (exact) mass is 499 g/mol. The zero-order chi connectivity index (χ0) is 19.2. The van der Waals surface area contributed by atoms with Crippen LogP contribution in [0.25, 0.3) is 0 Å². The van der Waals surface area contributed by atoms with Crippen LogP contribution in [0.4, 0.5) is 4.39 Å². The van der Waals surface area contributed by atoms with E-state index in [2.05, 4.69) is 15.6 Å². The predicted molar refractivity (Wildman–Crippen MR) is 121 cm³/mol. The molecule has 0 bridgehead atoms. The fraction of sp³-hybridized carbons (Fsp3) is 0.381. The molecule has 28 heavy (non-hydrogen) atoms. The molecule has 5 nitrogen and oxygen atoms in total. The summed E-state index contributed by atoms with van der Waals surface area (Å²) >= 11 is 0. The zero-order valence-electron chi connectivity index (χ0n) is 16.3. The van der Waals surface area contributed by atoms with Crippen molar-refractivity contribution in [3.63, 3.8) is 0 Å². The lowest BCUT2D eigenvalue weighted by Crippen LogP contribution is -2.43. The van der Waals surface area contributed by atoms with E-state index in [1.165, 1.54) is 6.07 Å². The predicted octanol–water partition coefficient (Wildman–Crippen LogP) is 3.94. The van der Waals surface area contributed by atoms with Gasteiger partial charge in [0, 0.05) is 19.0 Å². The molecule has 152 valence electrons. The van der Waals surface area contributed by atoms with Crippen molar-refractivity contribution in [2.45, 2.75) is 31.4 Å². The van der Waals surface area contributed by atoms with E-state index < -0.39 is 0 Å². The van der Waals surface area contributed by atoms with Crippen LogP contribution in [0.5, 0.6) is 11.5 Å². The molecule has 0 amide bonds. The van der Waals surface area contributed by atoms with Crippen molar-refractivity contribution in [1.29, 1.82) is 0 Å². The summed E-state index contributed by atoms with van der Waals surface area (Å²) in [5.74, 6) is 2.14. The Kier molecular flexibility index (Phi) is 8.35. The number of hydrogen-bond donors (Lipinski definition) is 2. The molecule has 0 aliphatic heterocycles. The Balaban J connectivity index is 0.00000280. The van der Waals surface area contributed by atoms with E-state index in [0.717, 1.165) is 12.0 Å². The van der Waals surface area contributed by atoms with E-state index >= 15 is 0 Å². The number of para-hydroxylation sites is 2. The Labute approximate surface area is 182 Å². The number of hydrogen-bond acceptors (Lipinski definition) is 3. The third kappa shape index (κ3) is 5.73. The van der Waals surface area contributed by atoms with Crippen molar-refractivity contribution < 1.29 is 13.9 Å². The molecule has 1 aliphatic carbocycles. The van der Waals surface area contributed by atoms with Crippen LogP contribution >= 0.6 is 24.0 Å². The fourth-order valence-electron chi connectivity index (χ4n) is 3.06. The van der Waals surface area contributed by atoms with Crippen LogP contribution in [0.3, 0.4) is 0 Å². The van der Waals surface area contributed by atoms with E-state index in [0.29, 0.717) is 24.0 Å². The SMILES string of the molecule is CN=C(NCC(C)Oc1ccccc1OC)NC1CC1c1ccccc1F.I. The van der Waals surface area contributed by atoms with Crippen LogP contribution in [-0.2, 0) is 0 Å². The number of nitrogens with zero attached hydrogens (tertiary/aromatic N) is 1. The molecule has 0 aromatic heterocycles. The van der Waals surface area contributed by atoms with Crippen LogP contribution in [0.1, 0.15) is 24.8 Å². The molecule has 0 saturated heterocycles. The number of rotatable bonds is 7. The van der Waals surface area contributed by atoms with Gasteiger partial charge >= 0.3 is 0 Å². The van der Waals surface area contributed by atoms with Gasteiger partial charge in [-0.3, -0.25) is 4.99 Å². The molecule has 1 fully saturated rings. The highest BCUT2D eigenvalue weighted by Crippen LogP contribution is 2.41. The lowest BCUT2D eigenvalue weighted by atomic mass is 10.1. The molecular formula is C21H27FIN3O2. The summed E-state index contributed by atoms with van der Waals surface area (Å²) < 4.78 is 25.1. The first-order valence-electron chi connectivity index (χ1n) is 9.13. The molecule has 7 heteroatoms. The summed E-state index contributed by atoms with van der Waals surface area (Å²) in [4.78, 5) is 4.25. The minimum Gasteiger partial charge on any atom is -0.493 e. The molecule has 2 aromatic rings. The van der Waals surface area contributed by atoms with Gasteiger partial charge in [-0.1, -0.05) is 30.3 Å². The molecular weight excluding hydrogens is 472 g/mol. The molecule has 3 atom stereocenters. The van der Waals surface area contributed by atoms with Crippen molar-refractivity contribution in [3.05, 3.63) is 59.9 Å². The minimum absolute atomic E-state index is 0. The molecule has 1 aliphatic rings. The standard InChI is InChI=1S/C21H26FN3O2.HI/c1-14(27-20-11-7-6-10-19(20)26-3)13-24-21(23-2)25-18-12-16(18)15-8-4-5-9-17(15)22;/h4-11,14,16,18H,12-13H2,1-3H3,(H2,23,24,25);1H. The van der Waals surface area contributed by atoms with E-state index in [1.807, 2.05) is 43.3 Å². The summed E-state index contributed by atoms with van der Waals surface area (Å²) in [6.45, 7) is 2.56. The zero-order valence-corrected chi connectivity index (χ0v) is 18.6. The summed E-state index contributed by atoms with van der Waals surface area (Å²) in [6, 6.07) is 14.7. The molecule has 3 rings (SSSR count). The molecule has 0 radical (unpaired) electrons. The molecule has 0 spiro atoms. The van der Waals surface area contributed by atoms with Gasteiger partial charge in [-0.2, -0.15) is 0 Å². The van der Waals surface area contributed by atoms with Crippen LogP contribution in [0, 0.1) is 5.82 Å². The van der Waals surface area contributed by atoms with Gasteiger partial charge in [-0.15, -0.1) is 24.0 Å². The van der Waals surface area contributed by atoms with Crippen LogP contribution in [-0.4, -0.2) is 38.8 Å². The normalized spacial score (nSPS) is 19.2. The highest BCUT2D eigenvalue weighted by atomic mass is 127. The largest absolute Gasteiger partial charge is 0.493 e. The van der Waals surface area contributed by atoms with E-state index in [1.54, 1.807) is 20.2 Å². The van der Waals surface area contributed by atoms with Gasteiger partial charge in [0.15, 0.2) is 17.5 Å².